The number of hydrogen-bond donors (Lipinski definition) is 3. The third-order valence-electron chi connectivity index (χ3n) is 1.75. The van der Waals surface area contributed by atoms with E-state index in [4.69, 9.17) is 5.11 Å². The van der Waals surface area contributed by atoms with Gasteiger partial charge in [0.15, 0.2) is 0 Å². The summed E-state index contributed by atoms with van der Waals surface area (Å²) in [5, 5.41) is 15.5. The number of likely N-dealkylation sites (N-methyl/N-ethyl adjacent to an activating group) is 1. The number of nitrogens with one attached hydrogen (secondary N) is 2. The van der Waals surface area contributed by atoms with Gasteiger partial charge in [-0.15, -0.1) is 0 Å². The number of anilines is 1. The summed E-state index contributed by atoms with van der Waals surface area (Å²) >= 11 is 0. The van der Waals surface area contributed by atoms with Gasteiger partial charge in [0, 0.05) is 18.8 Å². The lowest BCUT2D eigenvalue weighted by molar-refractivity contribution is 0.475. The Hall–Kier alpha value is -1.22. The minimum absolute atomic E-state index is 0.303. The Labute approximate surface area is 78.8 Å². The van der Waals surface area contributed by atoms with Crippen LogP contribution in [0.25, 0.3) is 0 Å². The SMILES string of the molecule is CCNCCNc1ccc(O)cc1. The Balaban J connectivity index is 2.25. The molecule has 1 aromatic carbocycles. The molecule has 0 aromatic heterocycles. The molecule has 0 radical (unpaired) electrons. The van der Waals surface area contributed by atoms with Gasteiger partial charge in [-0.2, -0.15) is 0 Å². The molecule has 0 atom stereocenters. The summed E-state index contributed by atoms with van der Waals surface area (Å²) in [5.41, 5.74) is 1.04. The highest BCUT2D eigenvalue weighted by Crippen LogP contribution is 2.12. The molecule has 3 N–H and O–H groups in total. The number of benzene rings is 1. The minimum atomic E-state index is 0.303. The van der Waals surface area contributed by atoms with Crippen LogP contribution in [0.15, 0.2) is 24.3 Å². The van der Waals surface area contributed by atoms with E-state index in [0.717, 1.165) is 25.3 Å². The minimum Gasteiger partial charge on any atom is -0.508 e. The Kier molecular flexibility index (Phi) is 4.12. The highest BCUT2D eigenvalue weighted by Gasteiger charge is 1.90. The summed E-state index contributed by atoms with van der Waals surface area (Å²) in [7, 11) is 0. The summed E-state index contributed by atoms with van der Waals surface area (Å²) in [5.74, 6) is 0.303. The van der Waals surface area contributed by atoms with Crippen LogP contribution in [0.2, 0.25) is 0 Å². The summed E-state index contributed by atoms with van der Waals surface area (Å²) in [6.07, 6.45) is 0. The van der Waals surface area contributed by atoms with Gasteiger partial charge >= 0.3 is 0 Å². The average molecular weight is 180 g/mol. The fourth-order valence-electron chi connectivity index (χ4n) is 1.05. The molecule has 3 heteroatoms. The Bertz CT molecular complexity index is 233. The molecule has 0 aliphatic heterocycles. The van der Waals surface area contributed by atoms with Gasteiger partial charge < -0.3 is 15.7 Å². The Morgan fingerprint density at radius 1 is 1.15 bits per heavy atom. The van der Waals surface area contributed by atoms with Gasteiger partial charge in [0.05, 0.1) is 0 Å². The maximum Gasteiger partial charge on any atom is 0.115 e. The van der Waals surface area contributed by atoms with Crippen LogP contribution >= 0.6 is 0 Å². The summed E-state index contributed by atoms with van der Waals surface area (Å²) in [4.78, 5) is 0. The molecule has 0 aliphatic carbocycles. The standard InChI is InChI=1S/C10H16N2O/c1-2-11-7-8-12-9-3-5-10(13)6-4-9/h3-6,11-13H,2,7-8H2,1H3. The van der Waals surface area contributed by atoms with Crippen molar-refractivity contribution < 1.29 is 5.11 Å². The van der Waals surface area contributed by atoms with Crippen molar-refractivity contribution in [3.05, 3.63) is 24.3 Å². The molecule has 1 rings (SSSR count). The van der Waals surface area contributed by atoms with Crippen molar-refractivity contribution in [2.45, 2.75) is 6.92 Å². The van der Waals surface area contributed by atoms with E-state index < -0.39 is 0 Å². The van der Waals surface area contributed by atoms with Gasteiger partial charge in [-0.05, 0) is 30.8 Å². The van der Waals surface area contributed by atoms with Gasteiger partial charge in [-0.1, -0.05) is 6.92 Å². The molecular formula is C10H16N2O. The second-order valence-corrected chi connectivity index (χ2v) is 2.83. The third kappa shape index (κ3) is 3.80. The van der Waals surface area contributed by atoms with Crippen molar-refractivity contribution in [1.82, 2.24) is 5.32 Å². The zero-order chi connectivity index (χ0) is 9.52. The summed E-state index contributed by atoms with van der Waals surface area (Å²) < 4.78 is 0. The second kappa shape index (κ2) is 5.43. The second-order valence-electron chi connectivity index (χ2n) is 2.83. The van der Waals surface area contributed by atoms with E-state index in [0.29, 0.717) is 5.75 Å². The van der Waals surface area contributed by atoms with E-state index in [1.165, 1.54) is 0 Å². The first kappa shape index (κ1) is 9.86. The number of hydrogen-bond acceptors (Lipinski definition) is 3. The van der Waals surface area contributed by atoms with Gasteiger partial charge in [-0.3, -0.25) is 0 Å². The molecule has 0 spiro atoms. The van der Waals surface area contributed by atoms with Crippen molar-refractivity contribution in [1.29, 1.82) is 0 Å². The summed E-state index contributed by atoms with van der Waals surface area (Å²) in [6, 6.07) is 7.08. The van der Waals surface area contributed by atoms with E-state index in [1.807, 2.05) is 12.1 Å². The first-order chi connectivity index (χ1) is 6.33. The first-order valence-electron chi connectivity index (χ1n) is 4.56. The molecule has 1 aromatic rings. The van der Waals surface area contributed by atoms with E-state index in [1.54, 1.807) is 12.1 Å². The quantitative estimate of drug-likeness (QED) is 0.474. The number of phenols is 1. The Morgan fingerprint density at radius 2 is 1.85 bits per heavy atom. The number of aromatic hydroxyl groups is 1. The number of rotatable bonds is 5. The molecule has 0 bridgehead atoms. The highest BCUT2D eigenvalue weighted by molar-refractivity contribution is 5.45. The third-order valence-corrected chi connectivity index (χ3v) is 1.75. The molecule has 0 saturated carbocycles. The fraction of sp³-hybridized carbons (Fsp3) is 0.400. The van der Waals surface area contributed by atoms with Gasteiger partial charge in [0.1, 0.15) is 5.75 Å². The maximum absolute atomic E-state index is 9.03. The molecule has 0 unspecified atom stereocenters. The van der Waals surface area contributed by atoms with E-state index in [9.17, 15) is 0 Å². The molecule has 0 saturated heterocycles. The average Bonchev–Trinajstić information content (AvgIpc) is 2.15. The van der Waals surface area contributed by atoms with Crippen LogP contribution in [-0.2, 0) is 0 Å². The normalized spacial score (nSPS) is 9.92. The largest absolute Gasteiger partial charge is 0.508 e. The van der Waals surface area contributed by atoms with Crippen molar-refractivity contribution in [2.24, 2.45) is 0 Å². The van der Waals surface area contributed by atoms with Crippen LogP contribution in [0, 0.1) is 0 Å². The van der Waals surface area contributed by atoms with Gasteiger partial charge in [-0.25, -0.2) is 0 Å². The molecule has 13 heavy (non-hydrogen) atoms. The van der Waals surface area contributed by atoms with Crippen molar-refractivity contribution in [3.8, 4) is 5.75 Å². The van der Waals surface area contributed by atoms with E-state index in [-0.39, 0.29) is 0 Å². The van der Waals surface area contributed by atoms with E-state index in [2.05, 4.69) is 17.6 Å². The lowest BCUT2D eigenvalue weighted by Crippen LogP contribution is -2.21. The molecule has 0 fully saturated rings. The zero-order valence-electron chi connectivity index (χ0n) is 7.88. The highest BCUT2D eigenvalue weighted by atomic mass is 16.3. The van der Waals surface area contributed by atoms with Crippen LogP contribution < -0.4 is 10.6 Å². The van der Waals surface area contributed by atoms with E-state index >= 15 is 0 Å². The Morgan fingerprint density at radius 3 is 2.46 bits per heavy atom. The topological polar surface area (TPSA) is 44.3 Å². The summed E-state index contributed by atoms with van der Waals surface area (Å²) in [6.45, 7) is 4.94. The predicted octanol–water partition coefficient (Wildman–Crippen LogP) is 1.41. The van der Waals surface area contributed by atoms with Gasteiger partial charge in [0.2, 0.25) is 0 Å². The smallest absolute Gasteiger partial charge is 0.115 e. The van der Waals surface area contributed by atoms with Crippen molar-refractivity contribution >= 4 is 5.69 Å². The fourth-order valence-corrected chi connectivity index (χ4v) is 1.05. The van der Waals surface area contributed by atoms with Crippen LogP contribution in [0.5, 0.6) is 5.75 Å². The van der Waals surface area contributed by atoms with Gasteiger partial charge in [0.25, 0.3) is 0 Å². The van der Waals surface area contributed by atoms with Crippen LogP contribution in [0.3, 0.4) is 0 Å². The zero-order valence-corrected chi connectivity index (χ0v) is 7.88. The lowest BCUT2D eigenvalue weighted by atomic mass is 10.3. The van der Waals surface area contributed by atoms with Crippen LogP contribution in [0.4, 0.5) is 5.69 Å². The van der Waals surface area contributed by atoms with Crippen LogP contribution in [0.1, 0.15) is 6.92 Å². The van der Waals surface area contributed by atoms with Crippen molar-refractivity contribution in [2.75, 3.05) is 25.0 Å². The molecule has 0 amide bonds. The molecular weight excluding hydrogens is 164 g/mol. The predicted molar refractivity (Wildman–Crippen MR) is 55.1 cm³/mol. The maximum atomic E-state index is 9.03. The molecule has 72 valence electrons. The molecule has 0 heterocycles. The molecule has 0 aliphatic rings. The number of phenolic OH excluding ortho intramolecular Hbond substituents is 1. The lowest BCUT2D eigenvalue weighted by Gasteiger charge is -2.06. The first-order valence-corrected chi connectivity index (χ1v) is 4.56. The van der Waals surface area contributed by atoms with Crippen molar-refractivity contribution in [3.63, 3.8) is 0 Å². The monoisotopic (exact) mass is 180 g/mol. The van der Waals surface area contributed by atoms with Crippen LogP contribution in [-0.4, -0.2) is 24.7 Å². The molecule has 3 nitrogen and oxygen atoms in total.